The van der Waals surface area contributed by atoms with Crippen molar-refractivity contribution >= 4 is 11.0 Å². The molecule has 1 N–H and O–H groups in total. The van der Waals surface area contributed by atoms with Crippen LogP contribution in [-0.4, -0.2) is 34.1 Å². The summed E-state index contributed by atoms with van der Waals surface area (Å²) in [7, 11) is 0. The van der Waals surface area contributed by atoms with Crippen LogP contribution in [0.2, 0.25) is 0 Å². The minimum Gasteiger partial charge on any atom is -0.306 e. The van der Waals surface area contributed by atoms with Crippen LogP contribution in [0.4, 0.5) is 0 Å². The van der Waals surface area contributed by atoms with Crippen LogP contribution in [0, 0.1) is 11.8 Å². The number of fused-ring (bicyclic) bond motifs is 1. The molecule has 0 radical (unpaired) electrons. The third kappa shape index (κ3) is 3.69. The predicted molar refractivity (Wildman–Crippen MR) is 103 cm³/mol. The van der Waals surface area contributed by atoms with Gasteiger partial charge in [-0.1, -0.05) is 44.7 Å². The number of piperidine rings is 1. The fourth-order valence-electron chi connectivity index (χ4n) is 4.82. The van der Waals surface area contributed by atoms with E-state index in [0.29, 0.717) is 6.04 Å². The zero-order valence-electron chi connectivity index (χ0n) is 15.4. The van der Waals surface area contributed by atoms with Gasteiger partial charge in [0.05, 0.1) is 11.0 Å². The van der Waals surface area contributed by atoms with E-state index in [1.807, 2.05) is 22.8 Å². The van der Waals surface area contributed by atoms with Gasteiger partial charge in [-0.3, -0.25) is 4.57 Å². The molecule has 0 atom stereocenters. The lowest BCUT2D eigenvalue weighted by molar-refractivity contribution is 0.165. The molecular formula is C21H31N3O. The van der Waals surface area contributed by atoms with Crippen molar-refractivity contribution in [2.75, 3.05) is 19.6 Å². The molecule has 1 aliphatic heterocycles. The summed E-state index contributed by atoms with van der Waals surface area (Å²) in [4.78, 5) is 18.0. The van der Waals surface area contributed by atoms with Crippen molar-refractivity contribution in [2.24, 2.45) is 11.8 Å². The lowest BCUT2D eigenvalue weighted by Gasteiger charge is -2.34. The SMILES string of the molecule is CC1CCC(CCN2CCC(n3c(=O)[nH]c4ccccc43)CC2)CC1. The average Bonchev–Trinajstić information content (AvgIpc) is 2.97. The fraction of sp³-hybridized carbons (Fsp3) is 0.667. The largest absolute Gasteiger partial charge is 0.326 e. The van der Waals surface area contributed by atoms with Crippen molar-refractivity contribution in [3.63, 3.8) is 0 Å². The van der Waals surface area contributed by atoms with Crippen LogP contribution in [0.15, 0.2) is 29.1 Å². The maximum absolute atomic E-state index is 12.4. The predicted octanol–water partition coefficient (Wildman–Crippen LogP) is 4.18. The van der Waals surface area contributed by atoms with Crippen LogP contribution in [-0.2, 0) is 0 Å². The maximum Gasteiger partial charge on any atom is 0.326 e. The Kier molecular flexibility index (Phi) is 4.98. The van der Waals surface area contributed by atoms with Gasteiger partial charge in [0.25, 0.3) is 0 Å². The highest BCUT2D eigenvalue weighted by Crippen LogP contribution is 2.31. The molecule has 1 saturated carbocycles. The van der Waals surface area contributed by atoms with Crippen molar-refractivity contribution in [3.8, 4) is 0 Å². The second-order valence-electron chi connectivity index (χ2n) is 8.30. The van der Waals surface area contributed by atoms with E-state index >= 15 is 0 Å². The number of likely N-dealkylation sites (tertiary alicyclic amines) is 1. The second kappa shape index (κ2) is 7.36. The van der Waals surface area contributed by atoms with Gasteiger partial charge in [-0.15, -0.1) is 0 Å². The summed E-state index contributed by atoms with van der Waals surface area (Å²) >= 11 is 0. The van der Waals surface area contributed by atoms with Crippen molar-refractivity contribution in [2.45, 2.75) is 57.9 Å². The van der Waals surface area contributed by atoms with E-state index in [1.54, 1.807) is 0 Å². The molecule has 1 saturated heterocycles. The van der Waals surface area contributed by atoms with E-state index in [1.165, 1.54) is 38.6 Å². The minimum absolute atomic E-state index is 0.0518. The Morgan fingerprint density at radius 2 is 1.76 bits per heavy atom. The van der Waals surface area contributed by atoms with Crippen LogP contribution in [0.1, 0.15) is 57.9 Å². The highest BCUT2D eigenvalue weighted by Gasteiger charge is 2.24. The Bertz CT molecular complexity index is 746. The van der Waals surface area contributed by atoms with E-state index in [4.69, 9.17) is 0 Å². The van der Waals surface area contributed by atoms with Crippen molar-refractivity contribution in [1.29, 1.82) is 0 Å². The summed E-state index contributed by atoms with van der Waals surface area (Å²) in [6.07, 6.45) is 9.26. The molecule has 4 nitrogen and oxygen atoms in total. The van der Waals surface area contributed by atoms with Gasteiger partial charge >= 0.3 is 5.69 Å². The highest BCUT2D eigenvalue weighted by atomic mass is 16.1. The van der Waals surface area contributed by atoms with E-state index in [9.17, 15) is 4.79 Å². The number of hydrogen-bond acceptors (Lipinski definition) is 2. The Labute approximate surface area is 150 Å². The number of para-hydroxylation sites is 2. The number of benzene rings is 1. The van der Waals surface area contributed by atoms with Gasteiger partial charge in [0, 0.05) is 19.1 Å². The van der Waals surface area contributed by atoms with E-state index in [-0.39, 0.29) is 5.69 Å². The summed E-state index contributed by atoms with van der Waals surface area (Å²) in [6, 6.07) is 8.40. The molecule has 2 heterocycles. The standard InChI is InChI=1S/C21H31N3O/c1-16-6-8-17(9-7-16)10-13-23-14-11-18(12-15-23)24-20-5-3-2-4-19(20)22-21(24)25/h2-5,16-18H,6-15H2,1H3,(H,22,25). The van der Waals surface area contributed by atoms with Crippen LogP contribution in [0.25, 0.3) is 11.0 Å². The molecule has 0 spiro atoms. The van der Waals surface area contributed by atoms with E-state index < -0.39 is 0 Å². The van der Waals surface area contributed by atoms with Crippen molar-refractivity contribution in [1.82, 2.24) is 14.5 Å². The van der Waals surface area contributed by atoms with E-state index in [0.717, 1.165) is 48.8 Å². The van der Waals surface area contributed by atoms with Crippen LogP contribution >= 0.6 is 0 Å². The molecule has 0 unspecified atom stereocenters. The molecule has 2 aromatic rings. The van der Waals surface area contributed by atoms with E-state index in [2.05, 4.69) is 22.9 Å². The Balaban J connectivity index is 1.32. The molecule has 1 aromatic carbocycles. The van der Waals surface area contributed by atoms with Gasteiger partial charge in [-0.25, -0.2) is 4.79 Å². The van der Waals surface area contributed by atoms with Crippen LogP contribution in [0.3, 0.4) is 0 Å². The minimum atomic E-state index is 0.0518. The molecule has 4 heteroatoms. The van der Waals surface area contributed by atoms with Gasteiger partial charge in [-0.05, 0) is 49.8 Å². The molecule has 0 amide bonds. The molecule has 4 rings (SSSR count). The van der Waals surface area contributed by atoms with Gasteiger partial charge in [-0.2, -0.15) is 0 Å². The monoisotopic (exact) mass is 341 g/mol. The molecule has 1 aliphatic carbocycles. The number of imidazole rings is 1. The number of aromatic nitrogens is 2. The van der Waals surface area contributed by atoms with Crippen molar-refractivity contribution < 1.29 is 0 Å². The first-order chi connectivity index (χ1) is 12.2. The molecular weight excluding hydrogens is 310 g/mol. The molecule has 2 fully saturated rings. The Hall–Kier alpha value is -1.55. The van der Waals surface area contributed by atoms with Crippen LogP contribution in [0.5, 0.6) is 0 Å². The summed E-state index contributed by atoms with van der Waals surface area (Å²) in [5.74, 6) is 1.90. The van der Waals surface area contributed by atoms with Crippen LogP contribution < -0.4 is 5.69 Å². The summed E-state index contributed by atoms with van der Waals surface area (Å²) < 4.78 is 2.00. The first-order valence-electron chi connectivity index (χ1n) is 10.1. The zero-order chi connectivity index (χ0) is 17.2. The first-order valence-corrected chi connectivity index (χ1v) is 10.1. The molecule has 1 aromatic heterocycles. The Morgan fingerprint density at radius 3 is 2.52 bits per heavy atom. The molecule has 136 valence electrons. The molecule has 2 aliphatic rings. The first kappa shape index (κ1) is 16.9. The molecule has 25 heavy (non-hydrogen) atoms. The van der Waals surface area contributed by atoms with Gasteiger partial charge in [0.2, 0.25) is 0 Å². The summed E-state index contributed by atoms with van der Waals surface area (Å²) in [5, 5.41) is 0. The third-order valence-corrected chi connectivity index (χ3v) is 6.54. The smallest absolute Gasteiger partial charge is 0.306 e. The third-order valence-electron chi connectivity index (χ3n) is 6.54. The van der Waals surface area contributed by atoms with Gasteiger partial charge in [0.15, 0.2) is 0 Å². The summed E-state index contributed by atoms with van der Waals surface area (Å²) in [6.45, 7) is 5.89. The maximum atomic E-state index is 12.4. The number of aromatic amines is 1. The number of rotatable bonds is 4. The normalized spacial score (nSPS) is 26.3. The molecule has 0 bridgehead atoms. The Morgan fingerprint density at radius 1 is 1.04 bits per heavy atom. The fourth-order valence-corrected chi connectivity index (χ4v) is 4.82. The number of nitrogens with one attached hydrogen (secondary N) is 1. The number of H-pyrrole nitrogens is 1. The lowest BCUT2D eigenvalue weighted by atomic mass is 9.81. The second-order valence-corrected chi connectivity index (χ2v) is 8.30. The highest BCUT2D eigenvalue weighted by molar-refractivity contribution is 5.75. The number of hydrogen-bond donors (Lipinski definition) is 1. The summed E-state index contributed by atoms with van der Waals surface area (Å²) in [5.41, 5.74) is 2.07. The van der Waals surface area contributed by atoms with Gasteiger partial charge in [0.1, 0.15) is 0 Å². The topological polar surface area (TPSA) is 41.0 Å². The van der Waals surface area contributed by atoms with Gasteiger partial charge < -0.3 is 9.88 Å². The lowest BCUT2D eigenvalue weighted by Crippen LogP contribution is -2.38. The average molecular weight is 341 g/mol. The number of nitrogens with zero attached hydrogens (tertiary/aromatic N) is 2. The quantitative estimate of drug-likeness (QED) is 0.906. The zero-order valence-corrected chi connectivity index (χ0v) is 15.4. The van der Waals surface area contributed by atoms with Crippen molar-refractivity contribution in [3.05, 3.63) is 34.7 Å².